The summed E-state index contributed by atoms with van der Waals surface area (Å²) in [5.74, 6) is 2.08. The molecule has 1 amide bonds. The van der Waals surface area contributed by atoms with Gasteiger partial charge >= 0.3 is 0 Å². The molecule has 0 saturated carbocycles. The van der Waals surface area contributed by atoms with E-state index in [-0.39, 0.29) is 35.1 Å². The Morgan fingerprint density at radius 3 is 1.98 bits per heavy atom. The molecule has 8 heteroatoms. The van der Waals surface area contributed by atoms with E-state index in [1.165, 1.54) is 39.9 Å². The highest BCUT2D eigenvalue weighted by molar-refractivity contribution is 5.85. The number of ether oxygens (including phenoxy) is 3. The normalized spacial score (nSPS) is 15.0. The number of fused-ring (bicyclic) bond motifs is 1. The van der Waals surface area contributed by atoms with Crippen molar-refractivity contribution in [1.82, 2.24) is 10.6 Å². The fourth-order valence-corrected chi connectivity index (χ4v) is 8.36. The smallest absolute Gasteiger partial charge is 0.220 e. The Kier molecular flexibility index (Phi) is 14.8. The Hall–Kier alpha value is -4.85. The molecule has 1 atom stereocenters. The molecule has 0 bridgehead atoms. The summed E-state index contributed by atoms with van der Waals surface area (Å²) >= 11 is 0. The zero-order valence-electron chi connectivity index (χ0n) is 32.2. The van der Waals surface area contributed by atoms with Crippen molar-refractivity contribution in [3.05, 3.63) is 161 Å². The van der Waals surface area contributed by atoms with Crippen LogP contribution in [0.3, 0.4) is 0 Å². The lowest BCUT2D eigenvalue weighted by atomic mass is 9.66. The van der Waals surface area contributed by atoms with E-state index in [4.69, 9.17) is 14.2 Å². The number of carbonyl (C=O) groups is 1. The van der Waals surface area contributed by atoms with Gasteiger partial charge in [-0.15, -0.1) is 12.4 Å². The Bertz CT molecular complexity index is 1900. The standard InChI is InChI=1S/C47H53FN2O4.ClH/c1-52-41-23-18-36(19-24-41)34-47(42-33-44(54-3)43(53-2)32-37(42)26-31-50-47)29-10-27-46(38-12-6-4-7-13-38,39-14-8-5-9-15-39)28-11-30-49-45(51)25-20-35-16-21-40(48)22-17-35;/h4-9,12-19,21-24,32-33,50H,10-11,20,25-31,34H2,1-3H3,(H,49,51);1H. The van der Waals surface area contributed by atoms with Gasteiger partial charge in [0.15, 0.2) is 11.5 Å². The topological polar surface area (TPSA) is 68.8 Å². The molecule has 0 aromatic heterocycles. The summed E-state index contributed by atoms with van der Waals surface area (Å²) in [6, 6.07) is 40.8. The maximum Gasteiger partial charge on any atom is 0.220 e. The fourth-order valence-electron chi connectivity index (χ4n) is 8.36. The lowest BCUT2D eigenvalue weighted by Gasteiger charge is -2.43. The Morgan fingerprint density at radius 1 is 0.764 bits per heavy atom. The summed E-state index contributed by atoms with van der Waals surface area (Å²) in [7, 11) is 5.10. The average Bonchev–Trinajstić information content (AvgIpc) is 3.22. The molecule has 0 aliphatic carbocycles. The van der Waals surface area contributed by atoms with E-state index in [0.717, 1.165) is 74.3 Å². The van der Waals surface area contributed by atoms with Crippen LogP contribution in [0.5, 0.6) is 17.2 Å². The molecule has 0 spiro atoms. The average molecular weight is 765 g/mol. The second-order valence-corrected chi connectivity index (χ2v) is 14.4. The highest BCUT2D eigenvalue weighted by atomic mass is 35.5. The third kappa shape index (κ3) is 10.1. The summed E-state index contributed by atoms with van der Waals surface area (Å²) in [6.07, 6.45) is 7.15. The molecule has 55 heavy (non-hydrogen) atoms. The number of nitrogens with one attached hydrogen (secondary N) is 2. The van der Waals surface area contributed by atoms with Crippen LogP contribution in [0.2, 0.25) is 0 Å². The first-order valence-corrected chi connectivity index (χ1v) is 19.1. The summed E-state index contributed by atoms with van der Waals surface area (Å²) in [6.45, 7) is 1.45. The minimum atomic E-state index is -0.334. The molecule has 6 nitrogen and oxygen atoms in total. The zero-order chi connectivity index (χ0) is 37.8. The largest absolute Gasteiger partial charge is 0.497 e. The number of aryl methyl sites for hydroxylation is 1. The van der Waals surface area contributed by atoms with Gasteiger partial charge in [0.05, 0.1) is 21.3 Å². The third-order valence-electron chi connectivity index (χ3n) is 11.2. The SMILES string of the molecule is COc1ccc(CC2(CCCC(CCCNC(=O)CCc3ccc(F)cc3)(c3ccccc3)c3ccccc3)NCCc3cc(OC)c(OC)cc32)cc1.Cl. The molecule has 1 aliphatic rings. The second kappa shape index (κ2) is 19.7. The molecule has 1 aliphatic heterocycles. The maximum absolute atomic E-state index is 13.4. The monoisotopic (exact) mass is 764 g/mol. The van der Waals surface area contributed by atoms with Crippen LogP contribution in [0, 0.1) is 5.82 Å². The van der Waals surface area contributed by atoms with Crippen molar-refractivity contribution in [2.75, 3.05) is 34.4 Å². The molecular weight excluding hydrogens is 711 g/mol. The molecule has 290 valence electrons. The number of hydrogen-bond donors (Lipinski definition) is 2. The molecule has 2 N–H and O–H groups in total. The van der Waals surface area contributed by atoms with Crippen molar-refractivity contribution in [2.45, 2.75) is 68.7 Å². The number of amides is 1. The lowest BCUT2D eigenvalue weighted by Crippen LogP contribution is -2.49. The van der Waals surface area contributed by atoms with Gasteiger partial charge in [-0.25, -0.2) is 4.39 Å². The Morgan fingerprint density at radius 2 is 1.36 bits per heavy atom. The molecule has 0 fully saturated rings. The predicted octanol–water partition coefficient (Wildman–Crippen LogP) is 9.54. The van der Waals surface area contributed by atoms with Gasteiger partial charge in [-0.1, -0.05) is 91.3 Å². The minimum absolute atomic E-state index is 0. The highest BCUT2D eigenvalue weighted by Crippen LogP contribution is 2.45. The van der Waals surface area contributed by atoms with Gasteiger partial charge in [-0.05, 0) is 115 Å². The number of benzene rings is 5. The summed E-state index contributed by atoms with van der Waals surface area (Å²) in [4.78, 5) is 12.9. The number of rotatable bonds is 18. The van der Waals surface area contributed by atoms with Gasteiger partial charge in [0.1, 0.15) is 11.6 Å². The Balaban J connectivity index is 0.00000580. The van der Waals surface area contributed by atoms with Crippen LogP contribution in [-0.2, 0) is 35.0 Å². The first-order valence-electron chi connectivity index (χ1n) is 19.1. The predicted molar refractivity (Wildman–Crippen MR) is 221 cm³/mol. The van der Waals surface area contributed by atoms with E-state index >= 15 is 0 Å². The second-order valence-electron chi connectivity index (χ2n) is 14.4. The van der Waals surface area contributed by atoms with Gasteiger partial charge in [-0.2, -0.15) is 0 Å². The maximum atomic E-state index is 13.4. The molecule has 5 aromatic carbocycles. The summed E-state index contributed by atoms with van der Waals surface area (Å²) in [5, 5.41) is 7.18. The van der Waals surface area contributed by atoms with Crippen LogP contribution < -0.4 is 24.8 Å². The van der Waals surface area contributed by atoms with Crippen LogP contribution in [0.4, 0.5) is 4.39 Å². The molecule has 5 aromatic rings. The first kappa shape index (κ1) is 41.3. The number of halogens is 2. The van der Waals surface area contributed by atoms with E-state index in [2.05, 4.69) is 95.6 Å². The van der Waals surface area contributed by atoms with Gasteiger partial charge in [0, 0.05) is 30.5 Å². The van der Waals surface area contributed by atoms with Crippen LogP contribution in [0.1, 0.15) is 71.9 Å². The van der Waals surface area contributed by atoms with Crippen molar-refractivity contribution >= 4 is 18.3 Å². The van der Waals surface area contributed by atoms with Crippen LogP contribution in [0.25, 0.3) is 0 Å². The molecule has 0 saturated heterocycles. The van der Waals surface area contributed by atoms with Gasteiger partial charge < -0.3 is 24.8 Å². The van der Waals surface area contributed by atoms with Crippen molar-refractivity contribution in [2.24, 2.45) is 0 Å². The van der Waals surface area contributed by atoms with Crippen molar-refractivity contribution in [3.8, 4) is 17.2 Å². The van der Waals surface area contributed by atoms with E-state index in [9.17, 15) is 9.18 Å². The van der Waals surface area contributed by atoms with Gasteiger partial charge in [0.25, 0.3) is 0 Å². The van der Waals surface area contributed by atoms with Crippen molar-refractivity contribution in [1.29, 1.82) is 0 Å². The summed E-state index contributed by atoms with van der Waals surface area (Å²) in [5.41, 5.74) is 6.70. The zero-order valence-corrected chi connectivity index (χ0v) is 33.1. The van der Waals surface area contributed by atoms with Crippen LogP contribution in [0.15, 0.2) is 121 Å². The molecule has 0 radical (unpaired) electrons. The minimum Gasteiger partial charge on any atom is -0.497 e. The third-order valence-corrected chi connectivity index (χ3v) is 11.2. The lowest BCUT2D eigenvalue weighted by molar-refractivity contribution is -0.121. The van der Waals surface area contributed by atoms with Crippen molar-refractivity contribution in [3.63, 3.8) is 0 Å². The highest BCUT2D eigenvalue weighted by Gasteiger charge is 2.40. The van der Waals surface area contributed by atoms with E-state index in [1.54, 1.807) is 33.5 Å². The quantitative estimate of drug-likeness (QED) is 0.0871. The summed E-state index contributed by atoms with van der Waals surface area (Å²) < 4.78 is 30.4. The molecule has 6 rings (SSSR count). The number of methoxy groups -OCH3 is 3. The van der Waals surface area contributed by atoms with Crippen LogP contribution in [-0.4, -0.2) is 40.3 Å². The van der Waals surface area contributed by atoms with Gasteiger partial charge in [0.2, 0.25) is 5.91 Å². The van der Waals surface area contributed by atoms with Gasteiger partial charge in [-0.3, -0.25) is 4.79 Å². The number of carbonyl (C=O) groups excluding carboxylic acids is 1. The fraction of sp³-hybridized carbons (Fsp3) is 0.340. The van der Waals surface area contributed by atoms with Crippen LogP contribution >= 0.6 is 12.4 Å². The van der Waals surface area contributed by atoms with Crippen molar-refractivity contribution < 1.29 is 23.4 Å². The Labute approximate surface area is 332 Å². The molecule has 1 heterocycles. The molecular formula is C47H54ClFN2O4. The first-order chi connectivity index (χ1) is 26.4. The van der Waals surface area contributed by atoms with E-state index in [1.807, 2.05) is 12.1 Å². The molecule has 1 unspecified atom stereocenters. The van der Waals surface area contributed by atoms with E-state index < -0.39 is 0 Å². The number of hydrogen-bond acceptors (Lipinski definition) is 5. The van der Waals surface area contributed by atoms with E-state index in [0.29, 0.717) is 19.4 Å².